The fourth-order valence-corrected chi connectivity index (χ4v) is 3.02. The highest BCUT2D eigenvalue weighted by Crippen LogP contribution is 2.24. The molecule has 0 spiro atoms. The predicted molar refractivity (Wildman–Crippen MR) is 90.9 cm³/mol. The van der Waals surface area contributed by atoms with Crippen LogP contribution in [0.4, 0.5) is 0 Å². The lowest BCUT2D eigenvalue weighted by molar-refractivity contribution is -0.136. The van der Waals surface area contributed by atoms with Gasteiger partial charge in [-0.1, -0.05) is 30.3 Å². The quantitative estimate of drug-likeness (QED) is 0.870. The lowest BCUT2D eigenvalue weighted by atomic mass is 10.0. The summed E-state index contributed by atoms with van der Waals surface area (Å²) in [6, 6.07) is 9.40. The van der Waals surface area contributed by atoms with Crippen molar-refractivity contribution in [2.45, 2.75) is 38.8 Å². The molecule has 2 amide bonds. The Labute approximate surface area is 138 Å². The summed E-state index contributed by atoms with van der Waals surface area (Å²) in [5, 5.41) is 2.88. The first-order valence-electron chi connectivity index (χ1n) is 8.32. The number of hydrogen-bond donors (Lipinski definition) is 1. The van der Waals surface area contributed by atoms with E-state index in [0.29, 0.717) is 0 Å². The minimum absolute atomic E-state index is 0.0577. The molecular formula is C18H27N3O2. The van der Waals surface area contributed by atoms with Crippen LogP contribution in [0, 0.1) is 0 Å². The first-order valence-corrected chi connectivity index (χ1v) is 8.32. The number of likely N-dealkylation sites (N-methyl/N-ethyl adjacent to an activating group) is 1. The van der Waals surface area contributed by atoms with Crippen molar-refractivity contribution in [1.82, 2.24) is 15.1 Å². The lowest BCUT2D eigenvalue weighted by Gasteiger charge is -2.30. The smallest absolute Gasteiger partial charge is 0.244 e. The molecule has 23 heavy (non-hydrogen) atoms. The SMILES string of the molecule is CC(C)NC(=O)CN(C)[C@@H](C(=O)N1CCCC1)c1ccccc1. The summed E-state index contributed by atoms with van der Waals surface area (Å²) in [6.07, 6.45) is 2.12. The number of nitrogens with zero attached hydrogens (tertiary/aromatic N) is 2. The summed E-state index contributed by atoms with van der Waals surface area (Å²) in [4.78, 5) is 28.8. The summed E-state index contributed by atoms with van der Waals surface area (Å²) in [5.41, 5.74) is 0.934. The molecule has 0 bridgehead atoms. The Morgan fingerprint density at radius 1 is 1.17 bits per heavy atom. The molecule has 1 aliphatic rings. The van der Waals surface area contributed by atoms with E-state index in [1.807, 2.05) is 61.0 Å². The van der Waals surface area contributed by atoms with Crippen LogP contribution in [-0.4, -0.2) is 54.3 Å². The third kappa shape index (κ3) is 4.79. The Kier molecular flexibility index (Phi) is 6.16. The van der Waals surface area contributed by atoms with Gasteiger partial charge in [0.15, 0.2) is 0 Å². The van der Waals surface area contributed by atoms with Gasteiger partial charge in [-0.05, 0) is 39.3 Å². The van der Waals surface area contributed by atoms with E-state index in [1.165, 1.54) is 0 Å². The molecule has 0 aliphatic carbocycles. The number of nitrogens with one attached hydrogen (secondary N) is 1. The van der Waals surface area contributed by atoms with Crippen molar-refractivity contribution >= 4 is 11.8 Å². The largest absolute Gasteiger partial charge is 0.353 e. The lowest BCUT2D eigenvalue weighted by Crippen LogP contribution is -2.45. The molecule has 0 aromatic heterocycles. The van der Waals surface area contributed by atoms with Crippen LogP contribution >= 0.6 is 0 Å². The van der Waals surface area contributed by atoms with E-state index >= 15 is 0 Å². The van der Waals surface area contributed by atoms with Crippen LogP contribution in [0.15, 0.2) is 30.3 Å². The molecule has 5 nitrogen and oxygen atoms in total. The van der Waals surface area contributed by atoms with Gasteiger partial charge in [0.25, 0.3) is 0 Å². The van der Waals surface area contributed by atoms with Gasteiger partial charge in [-0.3, -0.25) is 14.5 Å². The third-order valence-corrected chi connectivity index (χ3v) is 4.05. The molecule has 1 N–H and O–H groups in total. The van der Waals surface area contributed by atoms with Crippen molar-refractivity contribution in [1.29, 1.82) is 0 Å². The molecule has 1 heterocycles. The number of amides is 2. The molecule has 0 saturated carbocycles. The average molecular weight is 317 g/mol. The summed E-state index contributed by atoms with van der Waals surface area (Å²) in [7, 11) is 1.84. The summed E-state index contributed by atoms with van der Waals surface area (Å²) in [5.74, 6) is 0.0335. The number of benzene rings is 1. The summed E-state index contributed by atoms with van der Waals surface area (Å²) in [6.45, 7) is 5.70. The Morgan fingerprint density at radius 3 is 2.35 bits per heavy atom. The van der Waals surface area contributed by atoms with Crippen molar-refractivity contribution in [3.8, 4) is 0 Å². The number of likely N-dealkylation sites (tertiary alicyclic amines) is 1. The molecule has 1 atom stereocenters. The maximum Gasteiger partial charge on any atom is 0.244 e. The molecular weight excluding hydrogens is 290 g/mol. The molecule has 1 aromatic rings. The number of hydrogen-bond acceptors (Lipinski definition) is 3. The minimum Gasteiger partial charge on any atom is -0.353 e. The van der Waals surface area contributed by atoms with Crippen LogP contribution in [0.5, 0.6) is 0 Å². The van der Waals surface area contributed by atoms with Gasteiger partial charge >= 0.3 is 0 Å². The second kappa shape index (κ2) is 8.11. The molecule has 1 aromatic carbocycles. The Hall–Kier alpha value is -1.88. The van der Waals surface area contributed by atoms with E-state index in [4.69, 9.17) is 0 Å². The van der Waals surface area contributed by atoms with Crippen LogP contribution in [0.25, 0.3) is 0 Å². The second-order valence-electron chi connectivity index (χ2n) is 6.48. The van der Waals surface area contributed by atoms with Crippen molar-refractivity contribution in [2.75, 3.05) is 26.7 Å². The zero-order valence-corrected chi connectivity index (χ0v) is 14.3. The van der Waals surface area contributed by atoms with Crippen molar-refractivity contribution in [3.63, 3.8) is 0 Å². The van der Waals surface area contributed by atoms with Gasteiger partial charge < -0.3 is 10.2 Å². The average Bonchev–Trinajstić information content (AvgIpc) is 3.01. The maximum atomic E-state index is 12.9. The van der Waals surface area contributed by atoms with E-state index in [9.17, 15) is 9.59 Å². The monoisotopic (exact) mass is 317 g/mol. The van der Waals surface area contributed by atoms with Crippen LogP contribution in [0.1, 0.15) is 38.3 Å². The first kappa shape index (κ1) is 17.5. The molecule has 1 aliphatic heterocycles. The van der Waals surface area contributed by atoms with Gasteiger partial charge in [0, 0.05) is 19.1 Å². The molecule has 1 fully saturated rings. The van der Waals surface area contributed by atoms with Gasteiger partial charge in [-0.25, -0.2) is 0 Å². The van der Waals surface area contributed by atoms with E-state index in [1.54, 1.807) is 0 Å². The summed E-state index contributed by atoms with van der Waals surface area (Å²) < 4.78 is 0. The van der Waals surface area contributed by atoms with Gasteiger partial charge in [-0.2, -0.15) is 0 Å². The highest BCUT2D eigenvalue weighted by molar-refractivity contribution is 5.85. The fraction of sp³-hybridized carbons (Fsp3) is 0.556. The predicted octanol–water partition coefficient (Wildman–Crippen LogP) is 1.81. The van der Waals surface area contributed by atoms with Crippen LogP contribution in [0.2, 0.25) is 0 Å². The summed E-state index contributed by atoms with van der Waals surface area (Å²) >= 11 is 0. The molecule has 126 valence electrons. The number of carbonyl (C=O) groups is 2. The molecule has 0 radical (unpaired) electrons. The number of rotatable bonds is 6. The topological polar surface area (TPSA) is 52.7 Å². The van der Waals surface area contributed by atoms with Gasteiger partial charge in [0.2, 0.25) is 11.8 Å². The first-order chi connectivity index (χ1) is 11.0. The fourth-order valence-electron chi connectivity index (χ4n) is 3.02. The second-order valence-corrected chi connectivity index (χ2v) is 6.48. The standard InChI is InChI=1S/C18H27N3O2/c1-14(2)19-16(22)13-20(3)17(15-9-5-4-6-10-15)18(23)21-11-7-8-12-21/h4-6,9-10,14,17H,7-8,11-13H2,1-3H3,(H,19,22)/t17-/m1/s1. The molecule has 5 heteroatoms. The molecule has 2 rings (SSSR count). The Balaban J connectivity index is 2.15. The van der Waals surface area contributed by atoms with E-state index in [2.05, 4.69) is 5.32 Å². The van der Waals surface area contributed by atoms with E-state index in [0.717, 1.165) is 31.5 Å². The van der Waals surface area contributed by atoms with Crippen molar-refractivity contribution < 1.29 is 9.59 Å². The van der Waals surface area contributed by atoms with Crippen LogP contribution < -0.4 is 5.32 Å². The van der Waals surface area contributed by atoms with Gasteiger partial charge in [0.05, 0.1) is 6.54 Å². The zero-order chi connectivity index (χ0) is 16.8. The third-order valence-electron chi connectivity index (χ3n) is 4.05. The number of carbonyl (C=O) groups excluding carboxylic acids is 2. The highest BCUT2D eigenvalue weighted by Gasteiger charge is 2.31. The highest BCUT2D eigenvalue weighted by atomic mass is 16.2. The van der Waals surface area contributed by atoms with Crippen molar-refractivity contribution in [3.05, 3.63) is 35.9 Å². The van der Waals surface area contributed by atoms with E-state index in [-0.39, 0.29) is 24.4 Å². The van der Waals surface area contributed by atoms with E-state index < -0.39 is 6.04 Å². The van der Waals surface area contributed by atoms with Crippen LogP contribution in [-0.2, 0) is 9.59 Å². The Morgan fingerprint density at radius 2 is 1.78 bits per heavy atom. The normalized spacial score (nSPS) is 16.0. The molecule has 0 unspecified atom stereocenters. The van der Waals surface area contributed by atoms with Gasteiger partial charge in [0.1, 0.15) is 6.04 Å². The minimum atomic E-state index is -0.410. The van der Waals surface area contributed by atoms with Crippen molar-refractivity contribution in [2.24, 2.45) is 0 Å². The zero-order valence-electron chi connectivity index (χ0n) is 14.3. The maximum absolute atomic E-state index is 12.9. The Bertz CT molecular complexity index is 524. The van der Waals surface area contributed by atoms with Crippen LogP contribution in [0.3, 0.4) is 0 Å². The van der Waals surface area contributed by atoms with Gasteiger partial charge in [-0.15, -0.1) is 0 Å². The molecule has 1 saturated heterocycles.